The van der Waals surface area contributed by atoms with Crippen LogP contribution in [-0.2, 0) is 6.54 Å². The maximum atomic E-state index is 5.86. The van der Waals surface area contributed by atoms with Crippen molar-refractivity contribution in [1.82, 2.24) is 9.78 Å². The van der Waals surface area contributed by atoms with Gasteiger partial charge in [-0.1, -0.05) is 23.7 Å². The molecule has 0 aliphatic carbocycles. The summed E-state index contributed by atoms with van der Waals surface area (Å²) in [5.41, 5.74) is 2.13. The Labute approximate surface area is 98.6 Å². The molecule has 0 atom stereocenters. The summed E-state index contributed by atoms with van der Waals surface area (Å²) in [4.78, 5) is 0. The molecule has 0 bridgehead atoms. The van der Waals surface area contributed by atoms with Crippen LogP contribution in [-0.4, -0.2) is 16.4 Å². The minimum atomic E-state index is 0.741. The van der Waals surface area contributed by atoms with E-state index < -0.39 is 0 Å². The van der Waals surface area contributed by atoms with Crippen molar-refractivity contribution in [2.24, 2.45) is 0 Å². The zero-order valence-electron chi connectivity index (χ0n) is 8.69. The average Bonchev–Trinajstić information content (AvgIpc) is 2.74. The van der Waals surface area contributed by atoms with Crippen molar-refractivity contribution in [3.05, 3.63) is 35.5 Å². The topological polar surface area (TPSA) is 27.1 Å². The predicted octanol–water partition coefficient (Wildman–Crippen LogP) is 2.99. The van der Waals surface area contributed by atoms with Crippen molar-refractivity contribution in [3.8, 4) is 17.0 Å². The minimum absolute atomic E-state index is 0.741. The lowest BCUT2D eigenvalue weighted by Gasteiger charge is -2.16. The molecule has 4 heteroatoms. The summed E-state index contributed by atoms with van der Waals surface area (Å²) in [6.45, 7) is 1.70. The molecule has 3 rings (SSSR count). The fraction of sp³-hybridized carbons (Fsp3) is 0.250. The van der Waals surface area contributed by atoms with Crippen LogP contribution >= 0.6 is 11.6 Å². The highest BCUT2D eigenvalue weighted by molar-refractivity contribution is 6.30. The highest BCUT2D eigenvalue weighted by atomic mass is 35.5. The van der Waals surface area contributed by atoms with Gasteiger partial charge in [-0.2, -0.15) is 5.10 Å². The van der Waals surface area contributed by atoms with Crippen molar-refractivity contribution in [2.75, 3.05) is 6.61 Å². The standard InChI is InChI=1S/C12H11ClN2O/c13-10-4-2-9(3-5-10)11-8-14-15-6-1-7-16-12(11)15/h2-5,8H,1,6-7H2. The highest BCUT2D eigenvalue weighted by Gasteiger charge is 2.17. The van der Waals surface area contributed by atoms with Gasteiger partial charge in [0, 0.05) is 18.0 Å². The summed E-state index contributed by atoms with van der Waals surface area (Å²) in [7, 11) is 0. The maximum absolute atomic E-state index is 5.86. The fourth-order valence-electron chi connectivity index (χ4n) is 1.90. The molecular weight excluding hydrogens is 224 g/mol. The monoisotopic (exact) mass is 234 g/mol. The van der Waals surface area contributed by atoms with Gasteiger partial charge in [-0.3, -0.25) is 0 Å². The van der Waals surface area contributed by atoms with Crippen LogP contribution in [0.2, 0.25) is 5.02 Å². The normalized spacial score (nSPS) is 14.3. The van der Waals surface area contributed by atoms with E-state index in [0.717, 1.165) is 41.6 Å². The fourth-order valence-corrected chi connectivity index (χ4v) is 2.02. The molecule has 1 aliphatic rings. The first-order chi connectivity index (χ1) is 7.84. The van der Waals surface area contributed by atoms with Gasteiger partial charge in [0.2, 0.25) is 5.88 Å². The first-order valence-corrected chi connectivity index (χ1v) is 5.67. The van der Waals surface area contributed by atoms with E-state index in [2.05, 4.69) is 5.10 Å². The van der Waals surface area contributed by atoms with E-state index in [1.165, 1.54) is 0 Å². The Morgan fingerprint density at radius 1 is 1.25 bits per heavy atom. The van der Waals surface area contributed by atoms with E-state index in [4.69, 9.17) is 16.3 Å². The van der Waals surface area contributed by atoms with Crippen molar-refractivity contribution < 1.29 is 4.74 Å². The van der Waals surface area contributed by atoms with E-state index in [9.17, 15) is 0 Å². The summed E-state index contributed by atoms with van der Waals surface area (Å²) in [5, 5.41) is 5.06. The van der Waals surface area contributed by atoms with E-state index in [0.29, 0.717) is 0 Å². The smallest absolute Gasteiger partial charge is 0.219 e. The number of aromatic nitrogens is 2. The summed E-state index contributed by atoms with van der Waals surface area (Å²) in [6, 6.07) is 7.73. The Bertz CT molecular complexity index is 504. The van der Waals surface area contributed by atoms with Gasteiger partial charge in [0.25, 0.3) is 0 Å². The molecule has 16 heavy (non-hydrogen) atoms. The van der Waals surface area contributed by atoms with Gasteiger partial charge in [0.1, 0.15) is 0 Å². The van der Waals surface area contributed by atoms with Gasteiger partial charge in [0.05, 0.1) is 18.4 Å². The molecule has 1 aliphatic heterocycles. The van der Waals surface area contributed by atoms with Gasteiger partial charge >= 0.3 is 0 Å². The van der Waals surface area contributed by atoms with Crippen LogP contribution in [0.15, 0.2) is 30.5 Å². The zero-order chi connectivity index (χ0) is 11.0. The molecular formula is C12H11ClN2O. The largest absolute Gasteiger partial charge is 0.477 e. The summed E-state index contributed by atoms with van der Waals surface area (Å²) < 4.78 is 7.56. The Morgan fingerprint density at radius 2 is 2.06 bits per heavy atom. The molecule has 1 aromatic carbocycles. The lowest BCUT2D eigenvalue weighted by molar-refractivity contribution is 0.231. The third-order valence-electron chi connectivity index (χ3n) is 2.70. The van der Waals surface area contributed by atoms with Crippen LogP contribution < -0.4 is 4.74 Å². The summed E-state index contributed by atoms with van der Waals surface area (Å²) >= 11 is 5.86. The molecule has 2 heterocycles. The molecule has 2 aromatic rings. The number of rotatable bonds is 1. The quantitative estimate of drug-likeness (QED) is 0.759. The molecule has 0 spiro atoms. The van der Waals surface area contributed by atoms with Crippen LogP contribution in [0, 0.1) is 0 Å². The Kier molecular flexibility index (Phi) is 2.33. The van der Waals surface area contributed by atoms with Crippen LogP contribution in [0.5, 0.6) is 5.88 Å². The number of benzene rings is 1. The number of halogens is 1. The van der Waals surface area contributed by atoms with Crippen LogP contribution in [0.3, 0.4) is 0 Å². The number of nitrogens with zero attached hydrogens (tertiary/aromatic N) is 2. The van der Waals surface area contributed by atoms with E-state index in [1.807, 2.05) is 35.1 Å². The Hall–Kier alpha value is -1.48. The minimum Gasteiger partial charge on any atom is -0.477 e. The van der Waals surface area contributed by atoms with E-state index in [-0.39, 0.29) is 0 Å². The average molecular weight is 235 g/mol. The summed E-state index contributed by atoms with van der Waals surface area (Å²) in [6.07, 6.45) is 2.87. The Morgan fingerprint density at radius 3 is 2.88 bits per heavy atom. The maximum Gasteiger partial charge on any atom is 0.219 e. The van der Waals surface area contributed by atoms with Crippen molar-refractivity contribution in [1.29, 1.82) is 0 Å². The number of aryl methyl sites for hydroxylation is 1. The van der Waals surface area contributed by atoms with Crippen molar-refractivity contribution in [3.63, 3.8) is 0 Å². The van der Waals surface area contributed by atoms with Gasteiger partial charge < -0.3 is 4.74 Å². The van der Waals surface area contributed by atoms with Crippen LogP contribution in [0.25, 0.3) is 11.1 Å². The molecule has 82 valence electrons. The van der Waals surface area contributed by atoms with Gasteiger partial charge in [-0.05, 0) is 17.7 Å². The van der Waals surface area contributed by atoms with E-state index >= 15 is 0 Å². The third kappa shape index (κ3) is 1.57. The Balaban J connectivity index is 2.06. The van der Waals surface area contributed by atoms with E-state index in [1.54, 1.807) is 0 Å². The molecule has 0 saturated carbocycles. The number of fused-ring (bicyclic) bond motifs is 1. The second kappa shape index (κ2) is 3.83. The number of hydrogen-bond donors (Lipinski definition) is 0. The third-order valence-corrected chi connectivity index (χ3v) is 2.95. The van der Waals surface area contributed by atoms with Gasteiger partial charge in [0.15, 0.2) is 0 Å². The molecule has 3 nitrogen and oxygen atoms in total. The molecule has 0 N–H and O–H groups in total. The van der Waals surface area contributed by atoms with Gasteiger partial charge in [-0.15, -0.1) is 0 Å². The second-order valence-electron chi connectivity index (χ2n) is 3.80. The first kappa shape index (κ1) is 9.73. The molecule has 0 amide bonds. The molecule has 0 fully saturated rings. The zero-order valence-corrected chi connectivity index (χ0v) is 9.44. The van der Waals surface area contributed by atoms with Crippen LogP contribution in [0.4, 0.5) is 0 Å². The number of ether oxygens (including phenoxy) is 1. The summed E-state index contributed by atoms with van der Waals surface area (Å²) in [5.74, 6) is 0.869. The molecule has 1 aromatic heterocycles. The molecule has 0 radical (unpaired) electrons. The second-order valence-corrected chi connectivity index (χ2v) is 4.23. The lowest BCUT2D eigenvalue weighted by atomic mass is 10.1. The molecule has 0 saturated heterocycles. The van der Waals surface area contributed by atoms with Crippen molar-refractivity contribution in [2.45, 2.75) is 13.0 Å². The van der Waals surface area contributed by atoms with Crippen LogP contribution in [0.1, 0.15) is 6.42 Å². The first-order valence-electron chi connectivity index (χ1n) is 5.29. The lowest BCUT2D eigenvalue weighted by Crippen LogP contribution is -2.14. The highest BCUT2D eigenvalue weighted by Crippen LogP contribution is 2.32. The number of hydrogen-bond acceptors (Lipinski definition) is 2. The predicted molar refractivity (Wildman–Crippen MR) is 62.8 cm³/mol. The SMILES string of the molecule is Clc1ccc(-c2cnn3c2OCCC3)cc1. The molecule has 0 unspecified atom stereocenters. The van der Waals surface area contributed by atoms with Gasteiger partial charge in [-0.25, -0.2) is 4.68 Å². The van der Waals surface area contributed by atoms with Crippen molar-refractivity contribution >= 4 is 11.6 Å².